The van der Waals surface area contributed by atoms with E-state index in [1.807, 2.05) is 0 Å². The summed E-state index contributed by atoms with van der Waals surface area (Å²) in [6.45, 7) is 1.59. The van der Waals surface area contributed by atoms with Crippen LogP contribution in [0, 0.1) is 5.82 Å². The molecule has 1 aromatic carbocycles. The third kappa shape index (κ3) is 3.26. The fourth-order valence-corrected chi connectivity index (χ4v) is 4.03. The molecule has 1 aliphatic carbocycles. The second-order valence-electron chi connectivity index (χ2n) is 5.63. The van der Waals surface area contributed by atoms with Crippen LogP contribution in [0.25, 0.3) is 0 Å². The largest absolute Gasteiger partial charge is 0.481 e. The van der Waals surface area contributed by atoms with E-state index in [2.05, 4.69) is 5.32 Å². The smallest absolute Gasteiger partial charge is 0.265 e. The zero-order valence-corrected chi connectivity index (χ0v) is 13.9. The van der Waals surface area contributed by atoms with Gasteiger partial charge in [0.1, 0.15) is 16.6 Å². The Morgan fingerprint density at radius 3 is 2.67 bits per heavy atom. The summed E-state index contributed by atoms with van der Waals surface area (Å²) in [7, 11) is 0. The van der Waals surface area contributed by atoms with E-state index in [9.17, 15) is 14.0 Å². The second kappa shape index (κ2) is 6.60. The van der Waals surface area contributed by atoms with Crippen LogP contribution >= 0.6 is 11.3 Å². The number of aryl methyl sites for hydroxylation is 1. The van der Waals surface area contributed by atoms with Gasteiger partial charge in [0.15, 0.2) is 6.10 Å². The van der Waals surface area contributed by atoms with Gasteiger partial charge in [0.25, 0.3) is 11.8 Å². The first-order valence-electron chi connectivity index (χ1n) is 7.63. The van der Waals surface area contributed by atoms with Crippen molar-refractivity contribution < 1.29 is 18.7 Å². The Balaban J connectivity index is 1.72. The number of thiophene rings is 1. The van der Waals surface area contributed by atoms with E-state index in [4.69, 9.17) is 10.5 Å². The van der Waals surface area contributed by atoms with E-state index in [0.717, 1.165) is 29.7 Å². The van der Waals surface area contributed by atoms with Crippen LogP contribution in [0.5, 0.6) is 5.75 Å². The third-order valence-corrected chi connectivity index (χ3v) is 5.11. The Kier molecular flexibility index (Phi) is 4.53. The Morgan fingerprint density at radius 1 is 1.29 bits per heavy atom. The van der Waals surface area contributed by atoms with Gasteiger partial charge in [0, 0.05) is 4.88 Å². The molecule has 1 unspecified atom stereocenters. The van der Waals surface area contributed by atoms with Gasteiger partial charge >= 0.3 is 0 Å². The van der Waals surface area contributed by atoms with Crippen molar-refractivity contribution in [3.05, 3.63) is 46.1 Å². The number of halogens is 1. The van der Waals surface area contributed by atoms with Crippen LogP contribution in [0.4, 0.5) is 9.39 Å². The highest BCUT2D eigenvalue weighted by atomic mass is 32.1. The molecular formula is C17H17FN2O3S. The van der Waals surface area contributed by atoms with E-state index < -0.39 is 12.0 Å². The van der Waals surface area contributed by atoms with Crippen LogP contribution in [-0.2, 0) is 17.6 Å². The first-order valence-corrected chi connectivity index (χ1v) is 8.44. The Morgan fingerprint density at radius 2 is 2.00 bits per heavy atom. The van der Waals surface area contributed by atoms with Crippen molar-refractivity contribution in [1.29, 1.82) is 0 Å². The molecule has 1 aromatic heterocycles. The van der Waals surface area contributed by atoms with Gasteiger partial charge in [0.05, 0.1) is 5.56 Å². The van der Waals surface area contributed by atoms with Crippen molar-refractivity contribution in [2.75, 3.05) is 5.32 Å². The lowest BCUT2D eigenvalue weighted by Gasteiger charge is -2.14. The molecular weight excluding hydrogens is 331 g/mol. The fraction of sp³-hybridized carbons (Fsp3) is 0.294. The van der Waals surface area contributed by atoms with Crippen LogP contribution in [0.3, 0.4) is 0 Å². The minimum atomic E-state index is -0.798. The number of ether oxygens (including phenoxy) is 1. The molecule has 0 saturated heterocycles. The van der Waals surface area contributed by atoms with Gasteiger partial charge < -0.3 is 15.8 Å². The summed E-state index contributed by atoms with van der Waals surface area (Å²) in [5, 5.41) is 3.21. The highest BCUT2D eigenvalue weighted by Gasteiger charge is 2.27. The average Bonchev–Trinajstić information content (AvgIpc) is 3.09. The lowest BCUT2D eigenvalue weighted by Crippen LogP contribution is -2.30. The molecule has 1 atom stereocenters. The molecule has 126 valence electrons. The van der Waals surface area contributed by atoms with Crippen LogP contribution < -0.4 is 15.8 Å². The molecule has 0 fully saturated rings. The van der Waals surface area contributed by atoms with Gasteiger partial charge in [-0.2, -0.15) is 0 Å². The first-order chi connectivity index (χ1) is 11.5. The third-order valence-electron chi connectivity index (χ3n) is 3.90. The number of rotatable bonds is 5. The fourth-order valence-electron chi connectivity index (χ4n) is 2.74. The number of fused-ring (bicyclic) bond motifs is 1. The summed E-state index contributed by atoms with van der Waals surface area (Å²) in [6, 6.07) is 5.42. The summed E-state index contributed by atoms with van der Waals surface area (Å²) in [5.74, 6) is -0.903. The van der Waals surface area contributed by atoms with Crippen molar-refractivity contribution in [3.8, 4) is 5.75 Å². The molecule has 1 aliphatic rings. The monoisotopic (exact) mass is 348 g/mol. The Labute approximate surface area is 142 Å². The quantitative estimate of drug-likeness (QED) is 0.872. The number of benzene rings is 1. The zero-order valence-electron chi connectivity index (χ0n) is 13.1. The van der Waals surface area contributed by atoms with Crippen LogP contribution in [0.2, 0.25) is 0 Å². The van der Waals surface area contributed by atoms with Crippen LogP contribution in [0.15, 0.2) is 24.3 Å². The number of hydrogen-bond donors (Lipinski definition) is 2. The minimum absolute atomic E-state index is 0.376. The second-order valence-corrected chi connectivity index (χ2v) is 6.73. The molecule has 2 amide bonds. The number of carbonyl (C=O) groups is 2. The molecule has 1 heterocycles. The van der Waals surface area contributed by atoms with E-state index in [-0.39, 0.29) is 11.7 Å². The molecule has 24 heavy (non-hydrogen) atoms. The molecule has 0 aliphatic heterocycles. The minimum Gasteiger partial charge on any atom is -0.481 e. The number of nitrogens with one attached hydrogen (secondary N) is 1. The topological polar surface area (TPSA) is 81.4 Å². The molecule has 7 heteroatoms. The number of primary amides is 1. The number of amides is 2. The van der Waals surface area contributed by atoms with E-state index in [1.165, 1.54) is 35.6 Å². The normalized spacial score (nSPS) is 14.1. The number of carbonyl (C=O) groups excluding carboxylic acids is 2. The average molecular weight is 348 g/mol. The van der Waals surface area contributed by atoms with E-state index in [0.29, 0.717) is 16.3 Å². The predicted molar refractivity (Wildman–Crippen MR) is 90.0 cm³/mol. The van der Waals surface area contributed by atoms with Gasteiger partial charge in [-0.3, -0.25) is 9.59 Å². The van der Waals surface area contributed by atoms with Gasteiger partial charge in [-0.15, -0.1) is 11.3 Å². The summed E-state index contributed by atoms with van der Waals surface area (Å²) >= 11 is 1.39. The maximum Gasteiger partial charge on any atom is 0.265 e. The number of nitrogens with two attached hydrogens (primary N) is 1. The van der Waals surface area contributed by atoms with Crippen molar-refractivity contribution >= 4 is 28.2 Å². The van der Waals surface area contributed by atoms with E-state index in [1.54, 1.807) is 6.92 Å². The maximum atomic E-state index is 12.9. The van der Waals surface area contributed by atoms with Gasteiger partial charge in [-0.25, -0.2) is 4.39 Å². The van der Waals surface area contributed by atoms with E-state index >= 15 is 0 Å². The van der Waals surface area contributed by atoms with Crippen molar-refractivity contribution in [1.82, 2.24) is 0 Å². The van der Waals surface area contributed by atoms with Crippen molar-refractivity contribution in [2.24, 2.45) is 5.73 Å². The number of anilines is 1. The molecule has 0 saturated carbocycles. The van der Waals surface area contributed by atoms with Crippen LogP contribution in [-0.4, -0.2) is 17.9 Å². The molecule has 3 N–H and O–H groups in total. The summed E-state index contributed by atoms with van der Waals surface area (Å²) in [5.41, 5.74) is 6.84. The summed E-state index contributed by atoms with van der Waals surface area (Å²) < 4.78 is 18.4. The Hall–Kier alpha value is -2.41. The molecule has 2 aromatic rings. The predicted octanol–water partition coefficient (Wildman–Crippen LogP) is 2.88. The van der Waals surface area contributed by atoms with Crippen molar-refractivity contribution in [2.45, 2.75) is 32.3 Å². The lowest BCUT2D eigenvalue weighted by atomic mass is 10.1. The van der Waals surface area contributed by atoms with Gasteiger partial charge in [-0.1, -0.05) is 0 Å². The molecule has 5 nitrogen and oxygen atoms in total. The lowest BCUT2D eigenvalue weighted by molar-refractivity contribution is -0.122. The molecule has 0 spiro atoms. The van der Waals surface area contributed by atoms with Crippen molar-refractivity contribution in [3.63, 3.8) is 0 Å². The van der Waals surface area contributed by atoms with Crippen LogP contribution in [0.1, 0.15) is 34.1 Å². The first kappa shape index (κ1) is 16.4. The summed E-state index contributed by atoms with van der Waals surface area (Å²) in [4.78, 5) is 25.2. The highest BCUT2D eigenvalue weighted by Crippen LogP contribution is 2.38. The Bertz CT molecular complexity index is 786. The molecule has 3 rings (SSSR count). The van der Waals surface area contributed by atoms with Gasteiger partial charge in [-0.05, 0) is 56.0 Å². The van der Waals surface area contributed by atoms with Gasteiger partial charge in [0.2, 0.25) is 0 Å². The number of hydrogen-bond acceptors (Lipinski definition) is 4. The molecule has 0 bridgehead atoms. The maximum absolute atomic E-state index is 12.9. The zero-order chi connectivity index (χ0) is 17.3. The summed E-state index contributed by atoms with van der Waals surface area (Å²) in [6.07, 6.45) is 1.91. The standard InChI is InChI=1S/C17H17FN2O3S/c1-9(23-11-7-5-10(18)6-8-11)16(22)20-17-14(15(19)21)12-3-2-4-13(12)24-17/h5-9H,2-4H2,1H3,(H2,19,21)(H,20,22). The highest BCUT2D eigenvalue weighted by molar-refractivity contribution is 7.17. The SMILES string of the molecule is CC(Oc1ccc(F)cc1)C(=O)Nc1sc2c(c1C(N)=O)CCC2. The molecule has 0 radical (unpaired) electrons.